The standard InChI is InChI=1S/C16H15NO5S2/c1-3-6-17-15(20)13(24-16(17)23)8-10-4-5-11(12(7-10)21-2)22-9-14(18)19/h3-5,7-8H,1,6,9H2,2H3,(H,18,19)/b13-8-. The first-order valence-electron chi connectivity index (χ1n) is 6.85. The number of nitrogens with zero attached hydrogens (tertiary/aromatic N) is 1. The smallest absolute Gasteiger partial charge is 0.341 e. The van der Waals surface area contributed by atoms with Crippen LogP contribution >= 0.6 is 24.0 Å². The molecule has 2 rings (SSSR count). The number of hydrogen-bond acceptors (Lipinski definition) is 6. The van der Waals surface area contributed by atoms with Gasteiger partial charge in [0.15, 0.2) is 18.1 Å². The van der Waals surface area contributed by atoms with E-state index in [0.29, 0.717) is 32.8 Å². The number of carboxylic acid groups (broad SMARTS) is 1. The molecule has 6 nitrogen and oxygen atoms in total. The second-order valence-corrected chi connectivity index (χ2v) is 6.35. The predicted molar refractivity (Wildman–Crippen MR) is 96.2 cm³/mol. The molecule has 0 radical (unpaired) electrons. The predicted octanol–water partition coefficient (Wildman–Crippen LogP) is 2.55. The van der Waals surface area contributed by atoms with E-state index in [1.54, 1.807) is 30.4 Å². The molecule has 0 bridgehead atoms. The third-order valence-electron chi connectivity index (χ3n) is 3.02. The van der Waals surface area contributed by atoms with Gasteiger partial charge in [-0.1, -0.05) is 36.1 Å². The first-order valence-corrected chi connectivity index (χ1v) is 8.07. The zero-order valence-corrected chi connectivity index (χ0v) is 14.5. The largest absolute Gasteiger partial charge is 0.493 e. The number of amides is 1. The molecule has 1 amide bonds. The van der Waals surface area contributed by atoms with Crippen LogP contribution in [0.4, 0.5) is 0 Å². The van der Waals surface area contributed by atoms with E-state index >= 15 is 0 Å². The van der Waals surface area contributed by atoms with Crippen LogP contribution in [0, 0.1) is 0 Å². The summed E-state index contributed by atoms with van der Waals surface area (Å²) < 4.78 is 10.8. The van der Waals surface area contributed by atoms with Crippen molar-refractivity contribution in [2.75, 3.05) is 20.3 Å². The average Bonchev–Trinajstić information content (AvgIpc) is 2.81. The Bertz CT molecular complexity index is 729. The summed E-state index contributed by atoms with van der Waals surface area (Å²) in [6.07, 6.45) is 3.32. The molecule has 1 aromatic rings. The van der Waals surface area contributed by atoms with E-state index in [1.807, 2.05) is 0 Å². The number of thiocarbonyl (C=S) groups is 1. The number of methoxy groups -OCH3 is 1. The number of hydrogen-bond donors (Lipinski definition) is 1. The van der Waals surface area contributed by atoms with Crippen LogP contribution in [-0.2, 0) is 9.59 Å². The fourth-order valence-corrected chi connectivity index (χ4v) is 3.25. The first kappa shape index (κ1) is 18.0. The van der Waals surface area contributed by atoms with Gasteiger partial charge in [-0.25, -0.2) is 4.79 Å². The van der Waals surface area contributed by atoms with Crippen LogP contribution in [0.15, 0.2) is 35.8 Å². The van der Waals surface area contributed by atoms with Gasteiger partial charge in [0.05, 0.1) is 12.0 Å². The Labute approximate surface area is 148 Å². The van der Waals surface area contributed by atoms with Crippen molar-refractivity contribution in [3.8, 4) is 11.5 Å². The van der Waals surface area contributed by atoms with Crippen LogP contribution in [-0.4, -0.2) is 46.5 Å². The van der Waals surface area contributed by atoms with Gasteiger partial charge in [-0.05, 0) is 23.8 Å². The zero-order chi connectivity index (χ0) is 17.7. The minimum atomic E-state index is -1.08. The SMILES string of the molecule is C=CCN1C(=O)/C(=C/c2ccc(OCC(=O)O)c(OC)c2)SC1=S. The second kappa shape index (κ2) is 7.98. The highest BCUT2D eigenvalue weighted by Crippen LogP contribution is 2.34. The molecule has 0 unspecified atom stereocenters. The van der Waals surface area contributed by atoms with E-state index in [0.717, 1.165) is 0 Å². The minimum Gasteiger partial charge on any atom is -0.493 e. The Morgan fingerprint density at radius 1 is 1.46 bits per heavy atom. The van der Waals surface area contributed by atoms with Crippen molar-refractivity contribution in [1.29, 1.82) is 0 Å². The fourth-order valence-electron chi connectivity index (χ4n) is 1.97. The van der Waals surface area contributed by atoms with E-state index in [1.165, 1.54) is 23.8 Å². The van der Waals surface area contributed by atoms with Gasteiger partial charge in [-0.3, -0.25) is 9.69 Å². The quantitative estimate of drug-likeness (QED) is 0.452. The van der Waals surface area contributed by atoms with E-state index < -0.39 is 12.6 Å². The van der Waals surface area contributed by atoms with Crippen LogP contribution < -0.4 is 9.47 Å². The molecule has 0 atom stereocenters. The lowest BCUT2D eigenvalue weighted by Gasteiger charge is -2.10. The Balaban J connectivity index is 2.23. The molecular formula is C16H15NO5S2. The molecular weight excluding hydrogens is 350 g/mol. The molecule has 24 heavy (non-hydrogen) atoms. The van der Waals surface area contributed by atoms with E-state index in [9.17, 15) is 9.59 Å². The van der Waals surface area contributed by atoms with Crippen LogP contribution in [0.3, 0.4) is 0 Å². The van der Waals surface area contributed by atoms with Gasteiger partial charge in [0, 0.05) is 6.54 Å². The molecule has 1 fully saturated rings. The lowest BCUT2D eigenvalue weighted by Crippen LogP contribution is -2.27. The van der Waals surface area contributed by atoms with Gasteiger partial charge in [-0.2, -0.15) is 0 Å². The molecule has 1 saturated heterocycles. The van der Waals surface area contributed by atoms with Crippen LogP contribution in [0.1, 0.15) is 5.56 Å². The maximum absolute atomic E-state index is 12.3. The van der Waals surface area contributed by atoms with Crippen molar-refractivity contribution in [3.63, 3.8) is 0 Å². The molecule has 1 aliphatic heterocycles. The zero-order valence-electron chi connectivity index (χ0n) is 12.9. The van der Waals surface area contributed by atoms with Crippen molar-refractivity contribution >= 4 is 46.3 Å². The topological polar surface area (TPSA) is 76.1 Å². The highest BCUT2D eigenvalue weighted by molar-refractivity contribution is 8.26. The van der Waals surface area contributed by atoms with Crippen molar-refractivity contribution in [2.45, 2.75) is 0 Å². The lowest BCUT2D eigenvalue weighted by atomic mass is 10.2. The van der Waals surface area contributed by atoms with Crippen molar-refractivity contribution in [3.05, 3.63) is 41.3 Å². The Morgan fingerprint density at radius 3 is 2.83 bits per heavy atom. The molecule has 0 aromatic heterocycles. The summed E-state index contributed by atoms with van der Waals surface area (Å²) in [5.41, 5.74) is 0.716. The Hall–Kier alpha value is -2.32. The van der Waals surface area contributed by atoms with Gasteiger partial charge in [-0.15, -0.1) is 6.58 Å². The molecule has 1 aromatic carbocycles. The number of carbonyl (C=O) groups is 2. The summed E-state index contributed by atoms with van der Waals surface area (Å²) in [5.74, 6) is -0.551. The number of carbonyl (C=O) groups excluding carboxylic acids is 1. The minimum absolute atomic E-state index is 0.171. The summed E-state index contributed by atoms with van der Waals surface area (Å²) in [6.45, 7) is 3.52. The summed E-state index contributed by atoms with van der Waals surface area (Å²) in [7, 11) is 1.45. The second-order valence-electron chi connectivity index (χ2n) is 4.67. The van der Waals surface area contributed by atoms with Crippen molar-refractivity contribution in [1.82, 2.24) is 4.90 Å². The third kappa shape index (κ3) is 4.15. The number of carboxylic acids is 1. The Kier molecular flexibility index (Phi) is 5.99. The number of thioether (sulfide) groups is 1. The molecule has 0 saturated carbocycles. The van der Waals surface area contributed by atoms with E-state index in [-0.39, 0.29) is 5.91 Å². The fraction of sp³-hybridized carbons (Fsp3) is 0.188. The monoisotopic (exact) mass is 365 g/mol. The van der Waals surface area contributed by atoms with E-state index in [4.69, 9.17) is 26.8 Å². The van der Waals surface area contributed by atoms with Crippen LogP contribution in [0.2, 0.25) is 0 Å². The Morgan fingerprint density at radius 2 is 2.21 bits per heavy atom. The van der Waals surface area contributed by atoms with Crippen LogP contribution in [0.5, 0.6) is 11.5 Å². The van der Waals surface area contributed by atoms with E-state index in [2.05, 4.69) is 6.58 Å². The highest BCUT2D eigenvalue weighted by atomic mass is 32.2. The summed E-state index contributed by atoms with van der Waals surface area (Å²) >= 11 is 6.40. The molecule has 1 aliphatic rings. The van der Waals surface area contributed by atoms with Crippen molar-refractivity contribution in [2.24, 2.45) is 0 Å². The number of ether oxygens (including phenoxy) is 2. The van der Waals surface area contributed by atoms with Gasteiger partial charge in [0.1, 0.15) is 4.32 Å². The average molecular weight is 365 g/mol. The first-order chi connectivity index (χ1) is 11.5. The molecule has 0 aliphatic carbocycles. The number of aliphatic carboxylic acids is 1. The van der Waals surface area contributed by atoms with Gasteiger partial charge in [0.25, 0.3) is 5.91 Å². The van der Waals surface area contributed by atoms with Gasteiger partial charge in [0.2, 0.25) is 0 Å². The summed E-state index contributed by atoms with van der Waals surface area (Å²) in [5, 5.41) is 8.67. The molecule has 126 valence electrons. The van der Waals surface area contributed by atoms with Gasteiger partial charge >= 0.3 is 5.97 Å². The number of benzene rings is 1. The summed E-state index contributed by atoms with van der Waals surface area (Å²) in [6, 6.07) is 4.97. The molecule has 1 N–H and O–H groups in total. The van der Waals surface area contributed by atoms with Crippen molar-refractivity contribution < 1.29 is 24.2 Å². The number of rotatable bonds is 7. The maximum Gasteiger partial charge on any atom is 0.341 e. The maximum atomic E-state index is 12.3. The molecule has 1 heterocycles. The van der Waals surface area contributed by atoms with Gasteiger partial charge < -0.3 is 14.6 Å². The lowest BCUT2D eigenvalue weighted by molar-refractivity contribution is -0.139. The normalized spacial score (nSPS) is 15.7. The molecule has 0 spiro atoms. The third-order valence-corrected chi connectivity index (χ3v) is 4.40. The van der Waals surface area contributed by atoms with Crippen LogP contribution in [0.25, 0.3) is 6.08 Å². The molecule has 8 heteroatoms. The highest BCUT2D eigenvalue weighted by Gasteiger charge is 2.30. The summed E-state index contributed by atoms with van der Waals surface area (Å²) in [4.78, 5) is 24.8.